The molecule has 0 unspecified atom stereocenters. The van der Waals surface area contributed by atoms with Crippen molar-refractivity contribution >= 4 is 43.7 Å². The molecule has 0 bridgehead atoms. The molecule has 0 aliphatic heterocycles. The highest BCUT2D eigenvalue weighted by molar-refractivity contribution is 6.21. The highest BCUT2D eigenvalue weighted by Crippen LogP contribution is 2.39. The fourth-order valence-electron chi connectivity index (χ4n) is 3.77. The first-order valence-electron chi connectivity index (χ1n) is 7.78. The Morgan fingerprint density at radius 3 is 2.58 bits per heavy atom. The third-order valence-corrected chi connectivity index (χ3v) is 4.86. The van der Waals surface area contributed by atoms with E-state index < -0.39 is 0 Å². The molecule has 2 aromatic heterocycles. The van der Waals surface area contributed by atoms with Gasteiger partial charge in [0.1, 0.15) is 5.75 Å². The minimum Gasteiger partial charge on any atom is -0.505 e. The highest BCUT2D eigenvalue weighted by Gasteiger charge is 2.19. The zero-order valence-electron chi connectivity index (χ0n) is 13.0. The van der Waals surface area contributed by atoms with Crippen molar-refractivity contribution in [2.24, 2.45) is 0 Å². The number of nitrogen functional groups attached to an aromatic ring is 1. The van der Waals surface area contributed by atoms with Crippen LogP contribution in [0.5, 0.6) is 5.75 Å². The van der Waals surface area contributed by atoms with Gasteiger partial charge in [-0.15, -0.1) is 0 Å². The van der Waals surface area contributed by atoms with Crippen molar-refractivity contribution in [2.45, 2.75) is 6.92 Å². The number of benzene rings is 3. The summed E-state index contributed by atoms with van der Waals surface area (Å²) in [7, 11) is 0. The monoisotopic (exact) mass is 314 g/mol. The summed E-state index contributed by atoms with van der Waals surface area (Å²) < 4.78 is 1.61. The van der Waals surface area contributed by atoms with Crippen molar-refractivity contribution in [3.63, 3.8) is 0 Å². The first-order chi connectivity index (χ1) is 11.6. The molecular formula is C20H14N2O2. The van der Waals surface area contributed by atoms with Gasteiger partial charge in [-0.3, -0.25) is 9.20 Å². The van der Waals surface area contributed by atoms with Gasteiger partial charge in [-0.1, -0.05) is 29.8 Å². The Balaban J connectivity index is 2.25. The smallest absolute Gasteiger partial charge is 0.263 e. The second kappa shape index (κ2) is 4.17. The van der Waals surface area contributed by atoms with E-state index in [1.807, 2.05) is 55.5 Å². The Morgan fingerprint density at radius 2 is 1.75 bits per heavy atom. The van der Waals surface area contributed by atoms with Crippen LogP contribution in [-0.4, -0.2) is 9.51 Å². The van der Waals surface area contributed by atoms with Crippen LogP contribution in [0.4, 0.5) is 5.69 Å². The fraction of sp³-hybridized carbons (Fsp3) is 0.0500. The zero-order chi connectivity index (χ0) is 16.6. The van der Waals surface area contributed by atoms with Gasteiger partial charge in [0.2, 0.25) is 0 Å². The molecule has 116 valence electrons. The van der Waals surface area contributed by atoms with Crippen LogP contribution in [0.15, 0.2) is 53.3 Å². The zero-order valence-corrected chi connectivity index (χ0v) is 13.0. The molecule has 0 amide bonds. The van der Waals surface area contributed by atoms with Gasteiger partial charge in [0.25, 0.3) is 5.56 Å². The molecule has 0 atom stereocenters. The Labute approximate surface area is 136 Å². The number of hydrogen-bond donors (Lipinski definition) is 2. The number of aryl methyl sites for hydroxylation is 1. The topological polar surface area (TPSA) is 67.7 Å². The summed E-state index contributed by atoms with van der Waals surface area (Å²) in [4.78, 5) is 13.1. The molecule has 5 rings (SSSR count). The molecule has 0 saturated heterocycles. The number of anilines is 1. The van der Waals surface area contributed by atoms with Crippen molar-refractivity contribution in [1.82, 2.24) is 4.40 Å². The number of nitrogens with two attached hydrogens (primary N) is 1. The molecule has 0 fully saturated rings. The molecule has 0 spiro atoms. The van der Waals surface area contributed by atoms with E-state index >= 15 is 0 Å². The summed E-state index contributed by atoms with van der Waals surface area (Å²) in [5.74, 6) is 0.141. The molecule has 24 heavy (non-hydrogen) atoms. The average Bonchev–Trinajstić information content (AvgIpc) is 2.87. The van der Waals surface area contributed by atoms with Crippen LogP contribution in [0.25, 0.3) is 38.0 Å². The second-order valence-electron chi connectivity index (χ2n) is 6.29. The normalized spacial score (nSPS) is 12.0. The molecular weight excluding hydrogens is 300 g/mol. The van der Waals surface area contributed by atoms with Crippen molar-refractivity contribution in [3.8, 4) is 5.75 Å². The molecule has 3 aromatic carbocycles. The van der Waals surface area contributed by atoms with Gasteiger partial charge in [0.05, 0.1) is 11.0 Å². The summed E-state index contributed by atoms with van der Waals surface area (Å²) in [6, 6.07) is 15.0. The number of hydrogen-bond acceptors (Lipinski definition) is 3. The number of nitrogens with zero attached hydrogens (tertiary/aromatic N) is 1. The largest absolute Gasteiger partial charge is 0.505 e. The summed E-state index contributed by atoms with van der Waals surface area (Å²) in [5, 5.41) is 14.6. The van der Waals surface area contributed by atoms with Crippen molar-refractivity contribution in [1.29, 1.82) is 0 Å². The predicted octanol–water partition coefficient (Wildman–Crippen LogP) is 3.79. The molecule has 4 heteroatoms. The number of rotatable bonds is 0. The third kappa shape index (κ3) is 1.41. The Morgan fingerprint density at radius 1 is 0.958 bits per heavy atom. The summed E-state index contributed by atoms with van der Waals surface area (Å²) >= 11 is 0. The van der Waals surface area contributed by atoms with Crippen LogP contribution >= 0.6 is 0 Å². The van der Waals surface area contributed by atoms with Crippen molar-refractivity contribution in [2.75, 3.05) is 5.73 Å². The maximum atomic E-state index is 13.1. The van der Waals surface area contributed by atoms with Gasteiger partial charge in [0.15, 0.2) is 0 Å². The predicted molar refractivity (Wildman–Crippen MR) is 98.2 cm³/mol. The standard InChI is InChI=1S/C20H14N2O2/c1-10-5-8-16-14(9-10)19(23)18-12-6-7-15(21)11-3-2-4-13(17(11)12)20(24)22(16)18/h2-9,23H,21H2,1H3. The van der Waals surface area contributed by atoms with Crippen LogP contribution in [0.2, 0.25) is 0 Å². The van der Waals surface area contributed by atoms with Crippen LogP contribution in [-0.2, 0) is 0 Å². The average molecular weight is 314 g/mol. The van der Waals surface area contributed by atoms with Gasteiger partial charge in [-0.2, -0.15) is 0 Å². The summed E-state index contributed by atoms with van der Waals surface area (Å²) in [6.45, 7) is 1.97. The number of aromatic nitrogens is 1. The number of pyridine rings is 1. The Hall–Kier alpha value is -3.27. The van der Waals surface area contributed by atoms with E-state index in [2.05, 4.69) is 0 Å². The third-order valence-electron chi connectivity index (χ3n) is 4.86. The van der Waals surface area contributed by atoms with Crippen LogP contribution in [0.1, 0.15) is 5.56 Å². The van der Waals surface area contributed by atoms with Crippen LogP contribution in [0, 0.1) is 6.92 Å². The lowest BCUT2D eigenvalue weighted by atomic mass is 10.00. The van der Waals surface area contributed by atoms with Crippen LogP contribution < -0.4 is 11.3 Å². The maximum Gasteiger partial charge on any atom is 0.263 e. The van der Waals surface area contributed by atoms with Crippen LogP contribution in [0.3, 0.4) is 0 Å². The van der Waals surface area contributed by atoms with E-state index in [1.165, 1.54) is 0 Å². The maximum absolute atomic E-state index is 13.1. The van der Waals surface area contributed by atoms with Crippen molar-refractivity contribution < 1.29 is 5.11 Å². The SMILES string of the molecule is Cc1ccc2c(c1)c(O)c1c3ccc(N)c4cccc(c(=O)n21)c43. The fourth-order valence-corrected chi connectivity index (χ4v) is 3.77. The minimum atomic E-state index is -0.136. The van der Waals surface area contributed by atoms with Gasteiger partial charge < -0.3 is 10.8 Å². The lowest BCUT2D eigenvalue weighted by Crippen LogP contribution is -2.13. The molecule has 0 aliphatic rings. The van der Waals surface area contributed by atoms with Gasteiger partial charge >= 0.3 is 0 Å². The molecule has 3 N–H and O–H groups in total. The lowest BCUT2D eigenvalue weighted by molar-refractivity contribution is 0.487. The van der Waals surface area contributed by atoms with E-state index in [0.29, 0.717) is 22.0 Å². The van der Waals surface area contributed by atoms with Crippen molar-refractivity contribution in [3.05, 3.63) is 64.4 Å². The number of aromatic hydroxyl groups is 1. The van der Waals surface area contributed by atoms with E-state index in [1.54, 1.807) is 4.40 Å². The Bertz CT molecular complexity index is 1350. The van der Waals surface area contributed by atoms with E-state index in [9.17, 15) is 9.90 Å². The molecule has 5 aromatic rings. The summed E-state index contributed by atoms with van der Waals surface area (Å²) in [6.07, 6.45) is 0. The second-order valence-corrected chi connectivity index (χ2v) is 6.29. The molecule has 0 aliphatic carbocycles. The minimum absolute atomic E-state index is 0.136. The highest BCUT2D eigenvalue weighted by atomic mass is 16.3. The molecule has 4 nitrogen and oxygen atoms in total. The van der Waals surface area contributed by atoms with Gasteiger partial charge in [-0.25, -0.2) is 0 Å². The summed E-state index contributed by atoms with van der Waals surface area (Å²) in [5.41, 5.74) is 8.88. The molecule has 0 saturated carbocycles. The number of fused-ring (bicyclic) bond motifs is 4. The first kappa shape index (κ1) is 13.2. The van der Waals surface area contributed by atoms with E-state index in [-0.39, 0.29) is 11.3 Å². The van der Waals surface area contributed by atoms with Gasteiger partial charge in [-0.05, 0) is 31.2 Å². The quantitative estimate of drug-likeness (QED) is 0.427. The molecule has 0 radical (unpaired) electrons. The lowest BCUT2D eigenvalue weighted by Gasteiger charge is -2.09. The van der Waals surface area contributed by atoms with E-state index in [0.717, 1.165) is 27.2 Å². The van der Waals surface area contributed by atoms with E-state index in [4.69, 9.17) is 5.73 Å². The molecule has 2 heterocycles. The first-order valence-corrected chi connectivity index (χ1v) is 7.78. The Kier molecular flexibility index (Phi) is 2.29. The van der Waals surface area contributed by atoms with Gasteiger partial charge in [0, 0.05) is 32.6 Å².